The van der Waals surface area contributed by atoms with E-state index in [4.69, 9.17) is 19.4 Å². The third-order valence-corrected chi connectivity index (χ3v) is 21.8. The Morgan fingerprint density at radius 1 is 0.277 bits per heavy atom. The molecule has 0 saturated carbocycles. The first kappa shape index (κ1) is 46.9. The Balaban J connectivity index is 0.968. The van der Waals surface area contributed by atoms with Gasteiger partial charge in [0.2, 0.25) is 5.95 Å². The molecule has 83 heavy (non-hydrogen) atoms. The van der Waals surface area contributed by atoms with Crippen LogP contribution >= 0.6 is 0 Å². The monoisotopic (exact) mass is 1080 g/mol. The fraction of sp³-hybridized carbons (Fsp3) is 0. The molecule has 0 aliphatic heterocycles. The first-order valence-electron chi connectivity index (χ1n) is 28.2. The Morgan fingerprint density at radius 3 is 1.31 bits per heavy atom. The minimum atomic E-state index is -2.97. The highest BCUT2D eigenvalue weighted by atomic mass is 28.3. The molecular weight excluding hydrogens is 1030 g/mol. The molecule has 0 amide bonds. The Hall–Kier alpha value is -10.9. The maximum absolute atomic E-state index is 6.56. The van der Waals surface area contributed by atoms with Gasteiger partial charge in [-0.1, -0.05) is 224 Å². The summed E-state index contributed by atoms with van der Waals surface area (Å²) in [7, 11) is -2.97. The molecule has 0 spiro atoms. The highest BCUT2D eigenvalue weighted by Crippen LogP contribution is 2.41. The fourth-order valence-electron chi connectivity index (χ4n) is 13.5. The van der Waals surface area contributed by atoms with Crippen LogP contribution in [0.15, 0.2) is 296 Å². The van der Waals surface area contributed by atoms with Crippen molar-refractivity contribution in [3.8, 4) is 40.1 Å². The van der Waals surface area contributed by atoms with Crippen molar-refractivity contribution in [2.24, 2.45) is 0 Å². The Labute approximate surface area is 477 Å². The number of hydrogen-bond acceptors (Lipinski definition) is 4. The molecule has 0 unspecified atom stereocenters. The normalized spacial score (nSPS) is 12.1. The summed E-state index contributed by atoms with van der Waals surface area (Å²) < 4.78 is 13.6. The molecule has 0 N–H and O–H groups in total. The lowest BCUT2D eigenvalue weighted by Crippen LogP contribution is -2.74. The number of para-hydroxylation sites is 5. The number of rotatable bonds is 9. The van der Waals surface area contributed by atoms with Gasteiger partial charge in [0.15, 0.2) is 19.7 Å². The van der Waals surface area contributed by atoms with E-state index < -0.39 is 8.07 Å². The van der Waals surface area contributed by atoms with Crippen molar-refractivity contribution < 1.29 is 4.42 Å². The average Bonchev–Trinajstić information content (AvgIpc) is 4.09. The van der Waals surface area contributed by atoms with E-state index in [2.05, 4.69) is 281 Å². The summed E-state index contributed by atoms with van der Waals surface area (Å²) in [5.41, 5.74) is 11.9. The van der Waals surface area contributed by atoms with Crippen molar-refractivity contribution in [3.05, 3.63) is 291 Å². The molecule has 17 aromatic rings. The minimum absolute atomic E-state index is 0.502. The van der Waals surface area contributed by atoms with Gasteiger partial charge in [-0.25, -0.2) is 4.98 Å². The summed E-state index contributed by atoms with van der Waals surface area (Å²) in [6.45, 7) is 0. The van der Waals surface area contributed by atoms with Crippen LogP contribution in [0.1, 0.15) is 0 Å². The molecule has 0 aliphatic carbocycles. The van der Waals surface area contributed by atoms with Crippen LogP contribution in [0.25, 0.3) is 127 Å². The second-order valence-corrected chi connectivity index (χ2v) is 25.3. The summed E-state index contributed by atoms with van der Waals surface area (Å²) in [5, 5.41) is 14.0. The predicted molar refractivity (Wildman–Crippen MR) is 345 cm³/mol. The van der Waals surface area contributed by atoms with Crippen molar-refractivity contribution in [2.75, 3.05) is 0 Å². The van der Waals surface area contributed by atoms with Gasteiger partial charge >= 0.3 is 0 Å². The van der Waals surface area contributed by atoms with Crippen LogP contribution < -0.4 is 20.7 Å². The molecule has 0 fully saturated rings. The lowest BCUT2D eigenvalue weighted by Gasteiger charge is -2.34. The molecule has 17 rings (SSSR count). The summed E-state index contributed by atoms with van der Waals surface area (Å²) in [6.07, 6.45) is 0. The minimum Gasteiger partial charge on any atom is -0.456 e. The van der Waals surface area contributed by atoms with E-state index in [0.29, 0.717) is 17.6 Å². The van der Waals surface area contributed by atoms with Gasteiger partial charge in [0.1, 0.15) is 11.2 Å². The molecule has 8 heteroatoms. The topological polar surface area (TPSA) is 66.6 Å². The van der Waals surface area contributed by atoms with E-state index >= 15 is 0 Å². The van der Waals surface area contributed by atoms with Gasteiger partial charge in [0, 0.05) is 65.6 Å². The number of aromatic nitrogens is 6. The van der Waals surface area contributed by atoms with Crippen molar-refractivity contribution >= 4 is 116 Å². The van der Waals surface area contributed by atoms with Crippen LogP contribution in [0.3, 0.4) is 0 Å². The summed E-state index contributed by atoms with van der Waals surface area (Å²) in [4.78, 5) is 17.0. The smallest absolute Gasteiger partial charge is 0.238 e. The van der Waals surface area contributed by atoms with Gasteiger partial charge < -0.3 is 13.6 Å². The molecule has 0 aliphatic rings. The predicted octanol–water partition coefficient (Wildman–Crippen LogP) is 15.8. The Morgan fingerprint density at radius 2 is 0.723 bits per heavy atom. The molecule has 0 radical (unpaired) electrons. The molecule has 7 nitrogen and oxygen atoms in total. The molecule has 0 atom stereocenters. The van der Waals surface area contributed by atoms with Crippen LogP contribution in [-0.2, 0) is 0 Å². The molecule has 5 heterocycles. The van der Waals surface area contributed by atoms with E-state index in [1.165, 1.54) is 42.3 Å². The number of furan rings is 1. The second-order valence-electron chi connectivity index (χ2n) is 21.5. The van der Waals surface area contributed by atoms with Crippen LogP contribution in [0, 0.1) is 0 Å². The fourth-order valence-corrected chi connectivity index (χ4v) is 18.3. The zero-order valence-corrected chi connectivity index (χ0v) is 45.8. The van der Waals surface area contributed by atoms with Crippen molar-refractivity contribution in [1.82, 2.24) is 28.7 Å². The van der Waals surface area contributed by atoms with Gasteiger partial charge in [-0.2, -0.15) is 9.97 Å². The Kier molecular flexibility index (Phi) is 10.5. The van der Waals surface area contributed by atoms with Gasteiger partial charge in [-0.3, -0.25) is 4.57 Å². The SMILES string of the molecule is c1ccc([Si](c2ccccc2)(c2ccccc2)c2cccc(-c3nc(-c4cccc5oc6ccccc6c45)nc(-n4c5ccc(-n6c7ccccc7c7ccccc76)cc5c5ccc(-n6c7ccccc7c7ccccc76)cc54)n3)c2)cc1. The number of nitrogens with zero attached hydrogens (tertiary/aromatic N) is 6. The van der Waals surface area contributed by atoms with Gasteiger partial charge in [-0.15, -0.1) is 0 Å². The van der Waals surface area contributed by atoms with Crippen LogP contribution in [0.5, 0.6) is 0 Å². The highest BCUT2D eigenvalue weighted by molar-refractivity contribution is 7.19. The van der Waals surface area contributed by atoms with E-state index in [1.54, 1.807) is 0 Å². The van der Waals surface area contributed by atoms with Gasteiger partial charge in [-0.05, 0) is 87.5 Å². The third-order valence-electron chi connectivity index (χ3n) is 17.1. The van der Waals surface area contributed by atoms with E-state index in [0.717, 1.165) is 88.3 Å². The van der Waals surface area contributed by atoms with Crippen molar-refractivity contribution in [3.63, 3.8) is 0 Å². The first-order valence-corrected chi connectivity index (χ1v) is 30.2. The second kappa shape index (κ2) is 18.6. The van der Waals surface area contributed by atoms with Gasteiger partial charge in [0.05, 0.1) is 33.1 Å². The molecule has 0 saturated heterocycles. The van der Waals surface area contributed by atoms with E-state index in [-0.39, 0.29) is 0 Å². The van der Waals surface area contributed by atoms with Crippen LogP contribution in [0.4, 0.5) is 0 Å². The van der Waals surface area contributed by atoms with Crippen LogP contribution in [-0.4, -0.2) is 36.7 Å². The standard InChI is InChI=1S/C75H48N6OSi/c1-4-23-52(24-5-1)83(53-25-6-2-7-26-53,54-27-8-3-9-28-54)55-29-20-22-49(46-55)73-76-74(62-35-21-41-71-72(62)61-34-14-19-40-70(61)82-71)78-75(77-73)81-68-45-43-50(79-64-36-15-10-30-56(64)57-31-11-16-37-65(57)79)47-63(68)60-44-42-51(48-69(60)81)80-66-38-17-12-32-58(66)59-33-13-18-39-67(59)80/h1-48H. The first-order chi connectivity index (χ1) is 41.2. The maximum atomic E-state index is 6.56. The summed E-state index contributed by atoms with van der Waals surface area (Å²) in [5.74, 6) is 1.60. The highest BCUT2D eigenvalue weighted by Gasteiger charge is 2.41. The largest absolute Gasteiger partial charge is 0.456 e. The molecular formula is C75H48N6OSi. The summed E-state index contributed by atoms with van der Waals surface area (Å²) in [6, 6.07) is 105. The maximum Gasteiger partial charge on any atom is 0.238 e. The lowest BCUT2D eigenvalue weighted by atomic mass is 10.1. The molecule has 12 aromatic carbocycles. The number of hydrogen-bond donors (Lipinski definition) is 0. The van der Waals surface area contributed by atoms with Crippen LogP contribution in [0.2, 0.25) is 0 Å². The van der Waals surface area contributed by atoms with Gasteiger partial charge in [0.25, 0.3) is 0 Å². The Bertz CT molecular complexity index is 5210. The van der Waals surface area contributed by atoms with Crippen molar-refractivity contribution in [2.45, 2.75) is 0 Å². The van der Waals surface area contributed by atoms with E-state index in [9.17, 15) is 0 Å². The summed E-state index contributed by atoms with van der Waals surface area (Å²) >= 11 is 0. The molecule has 5 aromatic heterocycles. The zero-order chi connectivity index (χ0) is 54.6. The quantitative estimate of drug-likeness (QED) is 0.107. The zero-order valence-electron chi connectivity index (χ0n) is 44.8. The number of fused-ring (bicyclic) bond motifs is 12. The number of benzene rings is 12. The van der Waals surface area contributed by atoms with E-state index in [1.807, 2.05) is 24.3 Å². The lowest BCUT2D eigenvalue weighted by molar-refractivity contribution is 0.669. The third kappa shape index (κ3) is 7.13. The average molecular weight is 1080 g/mol. The molecule has 388 valence electrons. The molecule has 0 bridgehead atoms. The van der Waals surface area contributed by atoms with Crippen molar-refractivity contribution in [1.29, 1.82) is 0 Å².